The molecule has 0 spiro atoms. The van der Waals surface area contributed by atoms with Gasteiger partial charge in [0.1, 0.15) is 0 Å². The van der Waals surface area contributed by atoms with E-state index in [-0.39, 0.29) is 30.0 Å². The number of carbonyl (C=O) groups excluding carboxylic acids is 3. The molecule has 9 heteroatoms. The summed E-state index contributed by atoms with van der Waals surface area (Å²) >= 11 is 6.00. The van der Waals surface area contributed by atoms with Gasteiger partial charge in [0.05, 0.1) is 16.1 Å². The van der Waals surface area contributed by atoms with Crippen molar-refractivity contribution in [3.05, 3.63) is 111 Å². The van der Waals surface area contributed by atoms with Gasteiger partial charge in [0.2, 0.25) is 0 Å². The molecule has 0 atom stereocenters. The van der Waals surface area contributed by atoms with Crippen LogP contribution in [0.25, 0.3) is 6.08 Å². The zero-order valence-corrected chi connectivity index (χ0v) is 19.9. The number of unbranched alkanes of at least 4 members (excludes halogenated alkanes) is 1. The van der Waals surface area contributed by atoms with Gasteiger partial charge in [0.25, 0.3) is 23.4 Å². The number of nitrogens with zero attached hydrogens (tertiary/aromatic N) is 3. The summed E-state index contributed by atoms with van der Waals surface area (Å²) in [7, 11) is 0. The van der Waals surface area contributed by atoms with Gasteiger partial charge in [-0.1, -0.05) is 23.7 Å². The van der Waals surface area contributed by atoms with Crippen molar-refractivity contribution < 1.29 is 19.3 Å². The maximum absolute atomic E-state index is 13.1. The Hall–Kier alpha value is -4.30. The molecule has 3 aromatic rings. The average molecular weight is 504 g/mol. The number of nitro benzene ring substituents is 1. The van der Waals surface area contributed by atoms with Gasteiger partial charge in [-0.05, 0) is 73.0 Å². The molecule has 0 saturated carbocycles. The summed E-state index contributed by atoms with van der Waals surface area (Å²) in [4.78, 5) is 51.3. The Bertz CT molecular complexity index is 1300. The van der Waals surface area contributed by atoms with Gasteiger partial charge in [-0.15, -0.1) is 0 Å². The highest BCUT2D eigenvalue weighted by atomic mass is 35.5. The van der Waals surface area contributed by atoms with Crippen LogP contribution in [0, 0.1) is 10.1 Å². The summed E-state index contributed by atoms with van der Waals surface area (Å²) < 4.78 is 0. The van der Waals surface area contributed by atoms with Crippen molar-refractivity contribution in [2.45, 2.75) is 12.8 Å². The van der Waals surface area contributed by atoms with Gasteiger partial charge in [-0.3, -0.25) is 29.4 Å². The minimum absolute atomic E-state index is 0.0284. The van der Waals surface area contributed by atoms with Crippen LogP contribution in [0.4, 0.5) is 11.4 Å². The SMILES string of the molecule is O=C1c2ccccc2C(=O)N1CCCCN(C(=O)C=Cc1ccc([N+](=O)[O-])cc1)c1ccc(Cl)cc1. The number of amides is 3. The average Bonchev–Trinajstić information content (AvgIpc) is 3.13. The molecule has 3 amide bonds. The second-order valence-electron chi connectivity index (χ2n) is 8.16. The zero-order valence-electron chi connectivity index (χ0n) is 19.2. The molecule has 0 bridgehead atoms. The Morgan fingerprint density at radius 2 is 1.53 bits per heavy atom. The minimum Gasteiger partial charge on any atom is -0.309 e. The number of benzene rings is 3. The summed E-state index contributed by atoms with van der Waals surface area (Å²) in [5.74, 6) is -0.879. The number of hydrogen-bond acceptors (Lipinski definition) is 5. The summed E-state index contributed by atoms with van der Waals surface area (Å²) in [5, 5.41) is 11.4. The largest absolute Gasteiger partial charge is 0.309 e. The molecule has 0 radical (unpaired) electrons. The van der Waals surface area contributed by atoms with Crippen LogP contribution in [0.15, 0.2) is 78.9 Å². The lowest BCUT2D eigenvalue weighted by Crippen LogP contribution is -2.33. The number of halogens is 1. The number of anilines is 1. The van der Waals surface area contributed by atoms with Crippen molar-refractivity contribution in [1.82, 2.24) is 4.90 Å². The standard InChI is InChI=1S/C27H22ClN3O5/c28-20-10-14-21(15-11-20)29(25(32)16-9-19-7-12-22(13-8-19)31(35)36)17-3-4-18-30-26(33)23-5-1-2-6-24(23)27(30)34/h1-2,5-16H,3-4,17-18H2. The van der Waals surface area contributed by atoms with Crippen molar-refractivity contribution in [2.24, 2.45) is 0 Å². The molecule has 0 fully saturated rings. The lowest BCUT2D eigenvalue weighted by Gasteiger charge is -2.22. The van der Waals surface area contributed by atoms with Crippen LogP contribution in [0.5, 0.6) is 0 Å². The van der Waals surface area contributed by atoms with Crippen molar-refractivity contribution >= 4 is 46.8 Å². The van der Waals surface area contributed by atoms with Crippen LogP contribution < -0.4 is 4.90 Å². The molecule has 0 unspecified atom stereocenters. The van der Waals surface area contributed by atoms with E-state index in [0.717, 1.165) is 0 Å². The van der Waals surface area contributed by atoms with Crippen LogP contribution in [-0.2, 0) is 4.79 Å². The van der Waals surface area contributed by atoms with E-state index in [1.165, 1.54) is 23.1 Å². The molecule has 1 aliphatic rings. The van der Waals surface area contributed by atoms with E-state index in [1.807, 2.05) is 0 Å². The predicted octanol–water partition coefficient (Wildman–Crippen LogP) is 5.37. The molecule has 0 N–H and O–H groups in total. The predicted molar refractivity (Wildman–Crippen MR) is 137 cm³/mol. The van der Waals surface area contributed by atoms with Crippen LogP contribution >= 0.6 is 11.6 Å². The molecule has 1 heterocycles. The molecular formula is C27H22ClN3O5. The molecule has 0 saturated heterocycles. The van der Waals surface area contributed by atoms with Gasteiger partial charge in [0.15, 0.2) is 0 Å². The Labute approximate surface area is 212 Å². The molecule has 36 heavy (non-hydrogen) atoms. The third-order valence-electron chi connectivity index (χ3n) is 5.82. The fraction of sp³-hybridized carbons (Fsp3) is 0.148. The van der Waals surface area contributed by atoms with E-state index in [0.29, 0.717) is 46.8 Å². The van der Waals surface area contributed by atoms with Crippen LogP contribution in [0.3, 0.4) is 0 Å². The molecule has 1 aliphatic heterocycles. The van der Waals surface area contributed by atoms with E-state index >= 15 is 0 Å². The minimum atomic E-state index is -0.483. The van der Waals surface area contributed by atoms with Crippen molar-refractivity contribution in [2.75, 3.05) is 18.0 Å². The van der Waals surface area contributed by atoms with E-state index in [4.69, 9.17) is 11.6 Å². The second kappa shape index (κ2) is 11.0. The Balaban J connectivity index is 1.41. The summed E-state index contributed by atoms with van der Waals surface area (Å²) in [6.07, 6.45) is 4.07. The Morgan fingerprint density at radius 3 is 2.11 bits per heavy atom. The third kappa shape index (κ3) is 5.50. The quantitative estimate of drug-likeness (QED) is 0.128. The van der Waals surface area contributed by atoms with E-state index < -0.39 is 4.92 Å². The Morgan fingerprint density at radius 1 is 0.917 bits per heavy atom. The monoisotopic (exact) mass is 503 g/mol. The topological polar surface area (TPSA) is 101 Å². The normalized spacial score (nSPS) is 12.8. The number of rotatable bonds is 9. The first-order valence-corrected chi connectivity index (χ1v) is 11.7. The second-order valence-corrected chi connectivity index (χ2v) is 8.60. The first-order valence-electron chi connectivity index (χ1n) is 11.3. The van der Waals surface area contributed by atoms with Crippen molar-refractivity contribution in [3.8, 4) is 0 Å². The highest BCUT2D eigenvalue weighted by Crippen LogP contribution is 2.24. The number of carbonyl (C=O) groups is 3. The van der Waals surface area contributed by atoms with Crippen LogP contribution in [0.1, 0.15) is 39.1 Å². The number of hydrogen-bond donors (Lipinski definition) is 0. The molecule has 8 nitrogen and oxygen atoms in total. The number of non-ortho nitro benzene ring substituents is 1. The number of nitro groups is 1. The highest BCUT2D eigenvalue weighted by Gasteiger charge is 2.34. The van der Waals surface area contributed by atoms with E-state index in [2.05, 4.69) is 0 Å². The smallest absolute Gasteiger partial charge is 0.269 e. The molecule has 4 rings (SSSR count). The summed E-state index contributed by atoms with van der Waals surface area (Å²) in [5.41, 5.74) is 2.10. The van der Waals surface area contributed by atoms with E-state index in [1.54, 1.807) is 71.6 Å². The molecule has 3 aromatic carbocycles. The fourth-order valence-electron chi connectivity index (χ4n) is 3.93. The summed E-state index contributed by atoms with van der Waals surface area (Å²) in [6, 6.07) is 19.5. The van der Waals surface area contributed by atoms with Crippen LogP contribution in [0.2, 0.25) is 5.02 Å². The van der Waals surface area contributed by atoms with Gasteiger partial charge >= 0.3 is 0 Å². The number of imide groups is 1. The first kappa shape index (κ1) is 24.8. The van der Waals surface area contributed by atoms with Crippen LogP contribution in [-0.4, -0.2) is 40.6 Å². The lowest BCUT2D eigenvalue weighted by atomic mass is 10.1. The summed E-state index contributed by atoms with van der Waals surface area (Å²) in [6.45, 7) is 0.613. The van der Waals surface area contributed by atoms with Crippen molar-refractivity contribution in [1.29, 1.82) is 0 Å². The molecule has 0 aliphatic carbocycles. The molecular weight excluding hydrogens is 482 g/mol. The lowest BCUT2D eigenvalue weighted by molar-refractivity contribution is -0.384. The maximum atomic E-state index is 13.1. The highest BCUT2D eigenvalue weighted by molar-refractivity contribution is 6.30. The Kier molecular flexibility index (Phi) is 7.56. The van der Waals surface area contributed by atoms with Gasteiger partial charge in [0, 0.05) is 42.0 Å². The van der Waals surface area contributed by atoms with Gasteiger partial charge < -0.3 is 4.90 Å². The van der Waals surface area contributed by atoms with E-state index in [9.17, 15) is 24.5 Å². The fourth-order valence-corrected chi connectivity index (χ4v) is 4.06. The van der Waals surface area contributed by atoms with Gasteiger partial charge in [-0.2, -0.15) is 0 Å². The first-order chi connectivity index (χ1) is 17.3. The maximum Gasteiger partial charge on any atom is 0.269 e. The molecule has 0 aromatic heterocycles. The molecule has 182 valence electrons. The van der Waals surface area contributed by atoms with Crippen molar-refractivity contribution in [3.63, 3.8) is 0 Å². The zero-order chi connectivity index (χ0) is 25.7. The number of fused-ring (bicyclic) bond motifs is 1. The third-order valence-corrected chi connectivity index (χ3v) is 6.07. The van der Waals surface area contributed by atoms with Gasteiger partial charge in [-0.25, -0.2) is 0 Å².